The molecule has 0 radical (unpaired) electrons. The highest BCUT2D eigenvalue weighted by atomic mass is 32.2. The zero-order chi connectivity index (χ0) is 9.68. The van der Waals surface area contributed by atoms with E-state index in [1.807, 2.05) is 6.92 Å². The number of Topliss-reactive ketones (excluding diaryl/α,β-unsaturated/α-hetero) is 1. The van der Waals surface area contributed by atoms with E-state index in [1.54, 1.807) is 6.92 Å². The molecule has 0 aliphatic heterocycles. The number of thioether (sulfide) groups is 1. The van der Waals surface area contributed by atoms with Crippen LogP contribution in [0.1, 0.15) is 25.7 Å². The Hall–Kier alpha value is -0.840. The van der Waals surface area contributed by atoms with Gasteiger partial charge in [-0.3, -0.25) is 4.79 Å². The van der Waals surface area contributed by atoms with E-state index in [0.29, 0.717) is 23.3 Å². The van der Waals surface area contributed by atoms with Crippen molar-refractivity contribution in [1.82, 2.24) is 10.2 Å². The van der Waals surface area contributed by atoms with Gasteiger partial charge in [0, 0.05) is 13.3 Å². The number of nitrogens with zero attached hydrogens (tertiary/aromatic N) is 2. The normalized spacial score (nSPS) is 10.3. The summed E-state index contributed by atoms with van der Waals surface area (Å²) in [5.74, 6) is 1.18. The third-order valence-corrected chi connectivity index (χ3v) is 2.27. The fourth-order valence-electron chi connectivity index (χ4n) is 0.830. The highest BCUT2D eigenvalue weighted by molar-refractivity contribution is 7.99. The van der Waals surface area contributed by atoms with Crippen molar-refractivity contribution in [3.63, 3.8) is 0 Å². The van der Waals surface area contributed by atoms with E-state index in [-0.39, 0.29) is 5.78 Å². The van der Waals surface area contributed by atoms with Gasteiger partial charge in [0.25, 0.3) is 5.22 Å². The lowest BCUT2D eigenvalue weighted by Crippen LogP contribution is -1.99. The topological polar surface area (TPSA) is 56.0 Å². The van der Waals surface area contributed by atoms with Gasteiger partial charge in [-0.2, -0.15) is 0 Å². The van der Waals surface area contributed by atoms with Crippen molar-refractivity contribution in [1.29, 1.82) is 0 Å². The molecule has 5 heteroatoms. The van der Waals surface area contributed by atoms with Crippen LogP contribution in [0.3, 0.4) is 0 Å². The average Bonchev–Trinajstić information content (AvgIpc) is 2.49. The SMILES string of the molecule is CCCC(=O)CSc1nnc(C)o1. The smallest absolute Gasteiger partial charge is 0.276 e. The van der Waals surface area contributed by atoms with Crippen LogP contribution in [0.2, 0.25) is 0 Å². The van der Waals surface area contributed by atoms with Crippen LogP contribution in [-0.2, 0) is 4.79 Å². The van der Waals surface area contributed by atoms with Gasteiger partial charge in [-0.05, 0) is 6.42 Å². The van der Waals surface area contributed by atoms with Gasteiger partial charge < -0.3 is 4.42 Å². The first-order chi connectivity index (χ1) is 6.22. The summed E-state index contributed by atoms with van der Waals surface area (Å²) in [5, 5.41) is 7.91. The predicted molar refractivity (Wildman–Crippen MR) is 49.7 cm³/mol. The van der Waals surface area contributed by atoms with E-state index in [1.165, 1.54) is 11.8 Å². The lowest BCUT2D eigenvalue weighted by molar-refractivity contribution is -0.116. The number of carbonyl (C=O) groups is 1. The standard InChI is InChI=1S/C8H12N2O2S/c1-3-4-7(11)5-13-8-10-9-6(2)12-8/h3-5H2,1-2H3. The van der Waals surface area contributed by atoms with Gasteiger partial charge in [-0.1, -0.05) is 18.7 Å². The van der Waals surface area contributed by atoms with Crippen molar-refractivity contribution in [3.05, 3.63) is 5.89 Å². The molecule has 0 amide bonds. The van der Waals surface area contributed by atoms with Crippen molar-refractivity contribution in [3.8, 4) is 0 Å². The number of ketones is 1. The van der Waals surface area contributed by atoms with E-state index < -0.39 is 0 Å². The first-order valence-corrected chi connectivity index (χ1v) is 5.15. The van der Waals surface area contributed by atoms with E-state index in [9.17, 15) is 4.79 Å². The van der Waals surface area contributed by atoms with Crippen LogP contribution < -0.4 is 0 Å². The lowest BCUT2D eigenvalue weighted by Gasteiger charge is -1.93. The Morgan fingerprint density at radius 3 is 2.85 bits per heavy atom. The summed E-state index contributed by atoms with van der Waals surface area (Å²) < 4.78 is 5.10. The summed E-state index contributed by atoms with van der Waals surface area (Å²) >= 11 is 1.30. The van der Waals surface area contributed by atoms with Gasteiger partial charge in [-0.25, -0.2) is 0 Å². The molecule has 1 aromatic heterocycles. The van der Waals surface area contributed by atoms with Gasteiger partial charge in [0.2, 0.25) is 5.89 Å². The fraction of sp³-hybridized carbons (Fsp3) is 0.625. The van der Waals surface area contributed by atoms with Crippen LogP contribution >= 0.6 is 11.8 Å². The third kappa shape index (κ3) is 3.59. The van der Waals surface area contributed by atoms with Crippen LogP contribution in [0.5, 0.6) is 0 Å². The zero-order valence-electron chi connectivity index (χ0n) is 7.74. The summed E-state index contributed by atoms with van der Waals surface area (Å²) in [5.41, 5.74) is 0. The summed E-state index contributed by atoms with van der Waals surface area (Å²) in [7, 11) is 0. The molecular formula is C8H12N2O2S. The monoisotopic (exact) mass is 200 g/mol. The lowest BCUT2D eigenvalue weighted by atomic mass is 10.3. The second-order valence-electron chi connectivity index (χ2n) is 2.66. The number of carbonyl (C=O) groups excluding carboxylic acids is 1. The van der Waals surface area contributed by atoms with Crippen molar-refractivity contribution >= 4 is 17.5 Å². The molecule has 0 aromatic carbocycles. The molecular weight excluding hydrogens is 188 g/mol. The maximum atomic E-state index is 11.1. The molecule has 0 saturated carbocycles. The largest absolute Gasteiger partial charge is 0.416 e. The van der Waals surface area contributed by atoms with E-state index in [4.69, 9.17) is 4.42 Å². The number of hydrogen-bond donors (Lipinski definition) is 0. The van der Waals surface area contributed by atoms with Crippen LogP contribution in [0, 0.1) is 6.92 Å². The highest BCUT2D eigenvalue weighted by Gasteiger charge is 2.06. The Bertz CT molecular complexity index is 285. The van der Waals surface area contributed by atoms with Gasteiger partial charge in [-0.15, -0.1) is 10.2 Å². The number of aromatic nitrogens is 2. The fourth-order valence-corrected chi connectivity index (χ4v) is 1.54. The van der Waals surface area contributed by atoms with Gasteiger partial charge in [0.15, 0.2) is 0 Å². The molecule has 72 valence electrons. The molecule has 1 aromatic rings. The van der Waals surface area contributed by atoms with Crippen molar-refractivity contribution in [2.24, 2.45) is 0 Å². The maximum absolute atomic E-state index is 11.1. The average molecular weight is 200 g/mol. The zero-order valence-corrected chi connectivity index (χ0v) is 8.56. The van der Waals surface area contributed by atoms with Crippen molar-refractivity contribution in [2.45, 2.75) is 31.9 Å². The van der Waals surface area contributed by atoms with Crippen LogP contribution in [0.4, 0.5) is 0 Å². The molecule has 0 bridgehead atoms. The summed E-state index contributed by atoms with van der Waals surface area (Å²) in [6.07, 6.45) is 1.52. The van der Waals surface area contributed by atoms with Crippen LogP contribution in [-0.4, -0.2) is 21.7 Å². The predicted octanol–water partition coefficient (Wildman–Crippen LogP) is 1.84. The Morgan fingerprint density at radius 2 is 2.31 bits per heavy atom. The van der Waals surface area contributed by atoms with Crippen LogP contribution in [0.25, 0.3) is 0 Å². The minimum atomic E-state index is 0.225. The third-order valence-electron chi connectivity index (χ3n) is 1.39. The molecule has 0 N–H and O–H groups in total. The molecule has 13 heavy (non-hydrogen) atoms. The molecule has 1 heterocycles. The Kier molecular flexibility index (Phi) is 3.95. The first kappa shape index (κ1) is 10.2. The second-order valence-corrected chi connectivity index (χ2v) is 3.59. The maximum Gasteiger partial charge on any atom is 0.276 e. The molecule has 0 spiro atoms. The molecule has 1 rings (SSSR count). The molecule has 0 aliphatic carbocycles. The highest BCUT2D eigenvalue weighted by Crippen LogP contribution is 2.15. The van der Waals surface area contributed by atoms with Crippen molar-refractivity contribution in [2.75, 3.05) is 5.75 Å². The Labute approximate surface area is 81.1 Å². The molecule has 0 unspecified atom stereocenters. The van der Waals surface area contributed by atoms with Crippen LogP contribution in [0.15, 0.2) is 9.64 Å². The van der Waals surface area contributed by atoms with Gasteiger partial charge in [0.1, 0.15) is 5.78 Å². The molecule has 0 aliphatic rings. The Morgan fingerprint density at radius 1 is 1.54 bits per heavy atom. The van der Waals surface area contributed by atoms with E-state index in [2.05, 4.69) is 10.2 Å². The minimum absolute atomic E-state index is 0.225. The van der Waals surface area contributed by atoms with Crippen molar-refractivity contribution < 1.29 is 9.21 Å². The summed E-state index contributed by atoms with van der Waals surface area (Å²) in [6, 6.07) is 0. The van der Waals surface area contributed by atoms with E-state index in [0.717, 1.165) is 6.42 Å². The molecule has 0 saturated heterocycles. The van der Waals surface area contributed by atoms with Gasteiger partial charge in [0.05, 0.1) is 5.75 Å². The minimum Gasteiger partial charge on any atom is -0.416 e. The molecule has 0 fully saturated rings. The van der Waals surface area contributed by atoms with E-state index >= 15 is 0 Å². The number of aryl methyl sites for hydroxylation is 1. The summed E-state index contributed by atoms with van der Waals surface area (Å²) in [6.45, 7) is 3.71. The summed E-state index contributed by atoms with van der Waals surface area (Å²) in [4.78, 5) is 11.1. The first-order valence-electron chi connectivity index (χ1n) is 4.17. The quantitative estimate of drug-likeness (QED) is 0.679. The number of rotatable bonds is 5. The molecule has 0 atom stereocenters. The van der Waals surface area contributed by atoms with Gasteiger partial charge >= 0.3 is 0 Å². The number of hydrogen-bond acceptors (Lipinski definition) is 5. The second kappa shape index (κ2) is 5.01. The Balaban J connectivity index is 2.30. The molecule has 4 nitrogen and oxygen atoms in total.